The minimum atomic E-state index is -3.62. The topological polar surface area (TPSA) is 169 Å². The Kier molecular flexibility index (Phi) is 11.7. The maximum absolute atomic E-state index is 15.1. The molecule has 0 spiro atoms. The van der Waals surface area contributed by atoms with Crippen molar-refractivity contribution in [2.75, 3.05) is 18.4 Å². The highest BCUT2D eigenvalue weighted by Gasteiger charge is 2.37. The number of carbonyl (C=O) groups is 1. The number of pyridine rings is 1. The first-order valence-electron chi connectivity index (χ1n) is 14.5. The predicted octanol–water partition coefficient (Wildman–Crippen LogP) is 4.44. The van der Waals surface area contributed by atoms with Crippen molar-refractivity contribution < 1.29 is 35.9 Å². The Labute approximate surface area is 263 Å². The molecule has 4 rings (SSSR count). The normalized spacial score (nSPS) is 15.8. The molecule has 46 heavy (non-hydrogen) atoms. The third kappa shape index (κ3) is 9.47. The van der Waals surface area contributed by atoms with E-state index in [0.29, 0.717) is 18.9 Å². The minimum Gasteiger partial charge on any atom is -0.392 e. The lowest BCUT2D eigenvalue weighted by atomic mass is 9.84. The Morgan fingerprint density at radius 3 is 2.33 bits per heavy atom. The summed E-state index contributed by atoms with van der Waals surface area (Å²) in [7, 11) is -3.62. The second-order valence-electron chi connectivity index (χ2n) is 11.1. The Hall–Kier alpha value is -4.08. The molecular formula is C30H33F4N7O4S. The number of nitrogens with zero attached hydrogens (tertiary/aromatic N) is 4. The number of aliphatic hydroxyl groups excluding tert-OH is 1. The van der Waals surface area contributed by atoms with Crippen LogP contribution in [0.4, 0.5) is 23.2 Å². The quantitative estimate of drug-likeness (QED) is 0.0765. The van der Waals surface area contributed by atoms with Gasteiger partial charge in [0.05, 0.1) is 29.4 Å². The Morgan fingerprint density at radius 2 is 1.72 bits per heavy atom. The molecule has 1 amide bonds. The molecule has 0 radical (unpaired) electrons. The monoisotopic (exact) mass is 663 g/mol. The van der Waals surface area contributed by atoms with E-state index in [4.69, 9.17) is 0 Å². The van der Waals surface area contributed by atoms with E-state index in [1.807, 2.05) is 0 Å². The van der Waals surface area contributed by atoms with Crippen molar-refractivity contribution in [2.45, 2.75) is 62.0 Å². The van der Waals surface area contributed by atoms with Crippen molar-refractivity contribution in [1.29, 1.82) is 0 Å². The fraction of sp³-hybridized carbons (Fsp3) is 0.400. The van der Waals surface area contributed by atoms with Gasteiger partial charge in [0.1, 0.15) is 29.3 Å². The maximum Gasteiger partial charge on any atom is 0.234 e. The van der Waals surface area contributed by atoms with E-state index < -0.39 is 68.6 Å². The SMILES string of the molecule is C[C@H](O)CNC[C@H](CCc1c(F)cncc1NC(=O)[C@@H](N=[N+]=[N-])[C@@H](c1ccc(F)cc1)c1cc(F)cc(F)c1)NS(=O)(=O)C1CC1. The highest BCUT2D eigenvalue weighted by molar-refractivity contribution is 7.90. The fourth-order valence-corrected chi connectivity index (χ4v) is 6.65. The summed E-state index contributed by atoms with van der Waals surface area (Å²) in [5.74, 6) is -5.61. The van der Waals surface area contributed by atoms with E-state index >= 15 is 4.39 Å². The highest BCUT2D eigenvalue weighted by atomic mass is 32.2. The number of hydrogen-bond acceptors (Lipinski definition) is 7. The number of nitrogens with one attached hydrogen (secondary N) is 3. The smallest absolute Gasteiger partial charge is 0.234 e. The number of amides is 1. The molecule has 1 heterocycles. The molecule has 1 saturated carbocycles. The second kappa shape index (κ2) is 15.5. The number of halogens is 4. The van der Waals surface area contributed by atoms with Crippen LogP contribution in [-0.2, 0) is 21.2 Å². The van der Waals surface area contributed by atoms with Crippen LogP contribution in [0.1, 0.15) is 48.8 Å². The van der Waals surface area contributed by atoms with Crippen molar-refractivity contribution in [3.63, 3.8) is 0 Å². The van der Waals surface area contributed by atoms with E-state index in [-0.39, 0.29) is 48.3 Å². The molecule has 0 aliphatic heterocycles. The summed E-state index contributed by atoms with van der Waals surface area (Å²) in [6.45, 7) is 1.89. The number of rotatable bonds is 16. The number of hydrogen-bond donors (Lipinski definition) is 4. The van der Waals surface area contributed by atoms with E-state index in [2.05, 4.69) is 30.4 Å². The molecule has 3 aromatic rings. The van der Waals surface area contributed by atoms with Crippen molar-refractivity contribution >= 4 is 21.6 Å². The van der Waals surface area contributed by atoms with Gasteiger partial charge in [0.15, 0.2) is 0 Å². The van der Waals surface area contributed by atoms with E-state index in [0.717, 1.165) is 36.7 Å². The molecule has 246 valence electrons. The van der Waals surface area contributed by atoms with Gasteiger partial charge in [-0.15, -0.1) is 0 Å². The lowest BCUT2D eigenvalue weighted by Crippen LogP contribution is -2.44. The van der Waals surface area contributed by atoms with Gasteiger partial charge in [-0.25, -0.2) is 30.7 Å². The average Bonchev–Trinajstić information content (AvgIpc) is 3.83. The molecule has 1 aliphatic carbocycles. The van der Waals surface area contributed by atoms with E-state index in [1.54, 1.807) is 6.92 Å². The van der Waals surface area contributed by atoms with Gasteiger partial charge in [-0.1, -0.05) is 17.2 Å². The van der Waals surface area contributed by atoms with Crippen molar-refractivity contribution in [3.8, 4) is 0 Å². The van der Waals surface area contributed by atoms with Crippen LogP contribution >= 0.6 is 0 Å². The molecule has 1 aromatic heterocycles. The zero-order valence-electron chi connectivity index (χ0n) is 24.7. The zero-order valence-corrected chi connectivity index (χ0v) is 25.5. The van der Waals surface area contributed by atoms with Gasteiger partial charge in [-0.3, -0.25) is 9.78 Å². The lowest BCUT2D eigenvalue weighted by Gasteiger charge is -2.25. The average molecular weight is 664 g/mol. The molecule has 4 N–H and O–H groups in total. The summed E-state index contributed by atoms with van der Waals surface area (Å²) in [4.78, 5) is 20.2. The van der Waals surface area contributed by atoms with Gasteiger partial charge >= 0.3 is 0 Å². The van der Waals surface area contributed by atoms with Crippen LogP contribution in [0.25, 0.3) is 10.4 Å². The third-order valence-corrected chi connectivity index (χ3v) is 9.37. The standard InChI is InChI=1S/C30H33F4N7O4S/c1-17(42)13-36-14-23(40-46(44,45)24-7-8-24)6-9-25-26(34)15-37-16-27(25)38-30(43)29(39-41-35)28(18-2-4-20(31)5-3-18)19-10-21(32)12-22(33)11-19/h2-5,10-12,15-17,23-24,28-29,36,40,42H,6-9,13-14H2,1H3,(H,38,43)/t17-,23-,28-,29-/m0/s1. The summed E-state index contributed by atoms with van der Waals surface area (Å²) in [6.07, 6.45) is 2.48. The molecule has 0 saturated heterocycles. The molecule has 0 unspecified atom stereocenters. The van der Waals surface area contributed by atoms with Gasteiger partial charge in [0.25, 0.3) is 0 Å². The molecular weight excluding hydrogens is 630 g/mol. The molecule has 4 atom stereocenters. The maximum atomic E-state index is 15.1. The van der Waals surface area contributed by atoms with Crippen LogP contribution < -0.4 is 15.4 Å². The molecule has 11 nitrogen and oxygen atoms in total. The van der Waals surface area contributed by atoms with E-state index in [9.17, 15) is 37.0 Å². The first-order valence-corrected chi connectivity index (χ1v) is 16.0. The van der Waals surface area contributed by atoms with Crippen LogP contribution in [0.5, 0.6) is 0 Å². The first-order chi connectivity index (χ1) is 21.9. The van der Waals surface area contributed by atoms with Crippen molar-refractivity contribution in [2.24, 2.45) is 5.11 Å². The van der Waals surface area contributed by atoms with Crippen LogP contribution in [0.2, 0.25) is 0 Å². The number of anilines is 1. The third-order valence-electron chi connectivity index (χ3n) is 7.36. The van der Waals surface area contributed by atoms with Crippen LogP contribution in [0.15, 0.2) is 60.0 Å². The largest absolute Gasteiger partial charge is 0.392 e. The fourth-order valence-electron chi connectivity index (χ4n) is 5.03. The number of benzene rings is 2. The Morgan fingerprint density at radius 1 is 1.04 bits per heavy atom. The van der Waals surface area contributed by atoms with Gasteiger partial charge in [-0.2, -0.15) is 0 Å². The lowest BCUT2D eigenvalue weighted by molar-refractivity contribution is -0.117. The summed E-state index contributed by atoms with van der Waals surface area (Å²) < 4.78 is 85.4. The summed E-state index contributed by atoms with van der Waals surface area (Å²) >= 11 is 0. The van der Waals surface area contributed by atoms with Crippen LogP contribution in [0.3, 0.4) is 0 Å². The van der Waals surface area contributed by atoms with Gasteiger partial charge in [0, 0.05) is 41.6 Å². The Bertz CT molecular complexity index is 1660. The Balaban J connectivity index is 1.62. The molecule has 1 fully saturated rings. The van der Waals surface area contributed by atoms with Crippen LogP contribution in [-0.4, -0.2) is 60.9 Å². The second-order valence-corrected chi connectivity index (χ2v) is 13.1. The first kappa shape index (κ1) is 34.8. The number of azide groups is 1. The number of sulfonamides is 1. The predicted molar refractivity (Wildman–Crippen MR) is 162 cm³/mol. The summed E-state index contributed by atoms with van der Waals surface area (Å²) in [6, 6.07) is 4.85. The highest BCUT2D eigenvalue weighted by Crippen LogP contribution is 2.33. The zero-order chi connectivity index (χ0) is 33.4. The number of carbonyl (C=O) groups excluding carboxylic acids is 1. The molecule has 1 aliphatic rings. The molecule has 0 bridgehead atoms. The van der Waals surface area contributed by atoms with Crippen molar-refractivity contribution in [1.82, 2.24) is 15.0 Å². The summed E-state index contributed by atoms with van der Waals surface area (Å²) in [5.41, 5.74) is 9.35. The van der Waals surface area contributed by atoms with Gasteiger partial charge < -0.3 is 15.7 Å². The minimum absolute atomic E-state index is 0.0238. The van der Waals surface area contributed by atoms with Gasteiger partial charge in [-0.05, 0) is 73.5 Å². The number of aromatic nitrogens is 1. The number of aliphatic hydroxyl groups is 1. The van der Waals surface area contributed by atoms with Crippen LogP contribution in [0, 0.1) is 23.3 Å². The van der Waals surface area contributed by atoms with E-state index in [1.165, 1.54) is 12.1 Å². The van der Waals surface area contributed by atoms with Gasteiger partial charge in [0.2, 0.25) is 15.9 Å². The van der Waals surface area contributed by atoms with Crippen molar-refractivity contribution in [3.05, 3.63) is 105 Å². The molecule has 2 aromatic carbocycles. The molecule has 16 heteroatoms. The summed E-state index contributed by atoms with van der Waals surface area (Å²) in [5, 5.41) is 18.2.